The second kappa shape index (κ2) is 9.96. The molecule has 218 valence electrons. The molecule has 1 aliphatic heterocycles. The highest BCUT2D eigenvalue weighted by Gasteiger charge is 2.29. The molecule has 0 radical (unpaired) electrons. The number of benzene rings is 2. The van der Waals surface area contributed by atoms with Gasteiger partial charge in [0.1, 0.15) is 18.2 Å². The van der Waals surface area contributed by atoms with Gasteiger partial charge < -0.3 is 19.4 Å². The van der Waals surface area contributed by atoms with Crippen LogP contribution in [0, 0.1) is 0 Å². The molecule has 0 unspecified atom stereocenters. The molecule has 4 heterocycles. The van der Waals surface area contributed by atoms with Gasteiger partial charge in [-0.05, 0) is 49.4 Å². The number of nitrogens with zero attached hydrogens (tertiary/aromatic N) is 5. The zero-order valence-corrected chi connectivity index (χ0v) is 23.7. The van der Waals surface area contributed by atoms with Crippen molar-refractivity contribution in [1.29, 1.82) is 0 Å². The summed E-state index contributed by atoms with van der Waals surface area (Å²) < 4.78 is 39.5. The van der Waals surface area contributed by atoms with E-state index < -0.39 is 11.5 Å². The first-order chi connectivity index (χ1) is 20.5. The zero-order chi connectivity index (χ0) is 30.0. The van der Waals surface area contributed by atoms with Gasteiger partial charge in [0.2, 0.25) is 5.91 Å². The van der Waals surface area contributed by atoms with E-state index in [2.05, 4.69) is 19.7 Å². The van der Waals surface area contributed by atoms with Crippen LogP contribution >= 0.6 is 11.6 Å². The van der Waals surface area contributed by atoms with Gasteiger partial charge in [-0.3, -0.25) is 14.6 Å². The summed E-state index contributed by atoms with van der Waals surface area (Å²) in [5, 5.41) is 7.29. The van der Waals surface area contributed by atoms with Crippen molar-refractivity contribution in [3.8, 4) is 28.1 Å². The first-order valence-electron chi connectivity index (χ1n) is 13.4. The topological polar surface area (TPSA) is 113 Å². The number of hydrogen-bond acceptors (Lipinski definition) is 7. The summed E-state index contributed by atoms with van der Waals surface area (Å²) in [5.41, 5.74) is 3.15. The summed E-state index contributed by atoms with van der Waals surface area (Å²) >= 11 is 4.84. The van der Waals surface area contributed by atoms with Crippen LogP contribution in [0.2, 0.25) is 0 Å². The van der Waals surface area contributed by atoms with Crippen molar-refractivity contribution in [2.24, 2.45) is 0 Å². The van der Waals surface area contributed by atoms with Crippen molar-refractivity contribution in [3.05, 3.63) is 77.5 Å². The Morgan fingerprint density at radius 3 is 2.70 bits per heavy atom. The fourth-order valence-corrected chi connectivity index (χ4v) is 5.73. The molecule has 5 aromatic rings. The number of alkyl halides is 3. The molecule has 1 atom stereocenters. The molecular formula is C30H23ClF2N6O4. The lowest BCUT2D eigenvalue weighted by molar-refractivity contribution is -0.0964. The minimum atomic E-state index is -3.84. The lowest BCUT2D eigenvalue weighted by Gasteiger charge is -2.23. The number of pyridine rings is 1. The SMILES string of the molecule is CC(=O)n1cc2c(n1)-c1cc(-c3cc(C(=O)Nc4ccc(OC(F)(F)Cl)cc4)cc4nc5n(c34)[C@H](C)COC5)cnc1C2. The lowest BCUT2D eigenvalue weighted by Crippen LogP contribution is -2.21. The highest BCUT2D eigenvalue weighted by Crippen LogP contribution is 2.40. The number of aromatic nitrogens is 5. The molecule has 1 amide bonds. The number of amides is 1. The normalized spacial score (nSPS) is 15.6. The molecule has 13 heteroatoms. The van der Waals surface area contributed by atoms with Crippen molar-refractivity contribution >= 4 is 40.1 Å². The Balaban J connectivity index is 1.31. The Hall–Kier alpha value is -4.68. The van der Waals surface area contributed by atoms with Crippen molar-refractivity contribution in [2.75, 3.05) is 11.9 Å². The van der Waals surface area contributed by atoms with Crippen molar-refractivity contribution in [2.45, 2.75) is 38.5 Å². The number of carbonyl (C=O) groups excluding carboxylic acids is 2. The van der Waals surface area contributed by atoms with E-state index in [-0.39, 0.29) is 17.7 Å². The zero-order valence-electron chi connectivity index (χ0n) is 22.9. The van der Waals surface area contributed by atoms with Gasteiger partial charge in [0.05, 0.1) is 35.1 Å². The number of carbonyl (C=O) groups is 2. The van der Waals surface area contributed by atoms with Crippen LogP contribution in [0.4, 0.5) is 14.5 Å². The van der Waals surface area contributed by atoms with E-state index in [1.165, 1.54) is 35.9 Å². The lowest BCUT2D eigenvalue weighted by atomic mass is 9.99. The molecule has 3 aromatic heterocycles. The van der Waals surface area contributed by atoms with E-state index in [0.29, 0.717) is 42.1 Å². The maximum absolute atomic E-state index is 13.5. The number of anilines is 1. The van der Waals surface area contributed by atoms with Crippen LogP contribution in [0.5, 0.6) is 5.75 Å². The number of imidazole rings is 1. The van der Waals surface area contributed by atoms with Crippen LogP contribution in [0.15, 0.2) is 54.9 Å². The summed E-state index contributed by atoms with van der Waals surface area (Å²) in [6.07, 6.45) is 4.07. The molecule has 0 saturated heterocycles. The standard InChI is InChI=1S/C30H23ClF2N6O4/c1-15-13-42-14-26-36-25-9-17(29(41)35-20-3-5-21(6-4-20)43-30(31,32)33)7-22(28(25)39(15)26)18-8-23-24(34-11-18)10-19-12-38(16(2)40)37-27(19)23/h3-9,11-12,15H,10,13-14H2,1-2H3,(H,35,41)/t15-/m1/s1. The van der Waals surface area contributed by atoms with Crippen molar-refractivity contribution < 1.29 is 27.8 Å². The average Bonchev–Trinajstić information content (AvgIpc) is 3.64. The molecule has 0 fully saturated rings. The van der Waals surface area contributed by atoms with Crippen LogP contribution in [0.1, 0.15) is 52.1 Å². The Labute approximate surface area is 248 Å². The van der Waals surface area contributed by atoms with E-state index in [1.54, 1.807) is 24.5 Å². The van der Waals surface area contributed by atoms with Crippen LogP contribution in [0.25, 0.3) is 33.4 Å². The number of fused-ring (bicyclic) bond motifs is 6. The maximum Gasteiger partial charge on any atom is 0.487 e. The fraction of sp³-hybridized carbons (Fsp3) is 0.233. The van der Waals surface area contributed by atoms with E-state index in [4.69, 9.17) is 26.3 Å². The second-order valence-electron chi connectivity index (χ2n) is 10.5. The predicted molar refractivity (Wildman–Crippen MR) is 153 cm³/mol. The highest BCUT2D eigenvalue weighted by molar-refractivity contribution is 6.20. The van der Waals surface area contributed by atoms with Crippen LogP contribution in [-0.2, 0) is 17.8 Å². The minimum Gasteiger partial charge on any atom is -0.420 e. The summed E-state index contributed by atoms with van der Waals surface area (Å²) in [4.78, 5) is 34.9. The molecule has 0 bridgehead atoms. The minimum absolute atomic E-state index is 0.00790. The number of rotatable bonds is 5. The molecule has 0 saturated carbocycles. The number of ether oxygens (including phenoxy) is 2. The molecule has 1 N–H and O–H groups in total. The molecule has 7 rings (SSSR count). The van der Waals surface area contributed by atoms with E-state index in [9.17, 15) is 18.4 Å². The van der Waals surface area contributed by atoms with Crippen LogP contribution < -0.4 is 10.1 Å². The van der Waals surface area contributed by atoms with Gasteiger partial charge in [-0.1, -0.05) is 0 Å². The Bertz CT molecular complexity index is 1950. The molecular weight excluding hydrogens is 582 g/mol. The Morgan fingerprint density at radius 1 is 1.16 bits per heavy atom. The maximum atomic E-state index is 13.5. The third-order valence-electron chi connectivity index (χ3n) is 7.50. The fourth-order valence-electron chi connectivity index (χ4n) is 5.64. The smallest absolute Gasteiger partial charge is 0.420 e. The van der Waals surface area contributed by atoms with Gasteiger partial charge in [0.25, 0.3) is 5.91 Å². The summed E-state index contributed by atoms with van der Waals surface area (Å²) in [6.45, 7) is 4.36. The van der Waals surface area contributed by atoms with Gasteiger partial charge in [-0.15, -0.1) is 8.78 Å². The van der Waals surface area contributed by atoms with Gasteiger partial charge >= 0.3 is 5.57 Å². The third-order valence-corrected chi connectivity index (χ3v) is 7.58. The Kier molecular flexibility index (Phi) is 6.29. The van der Waals surface area contributed by atoms with Crippen molar-refractivity contribution in [3.63, 3.8) is 0 Å². The van der Waals surface area contributed by atoms with Crippen LogP contribution in [0.3, 0.4) is 0 Å². The first kappa shape index (κ1) is 27.2. The highest BCUT2D eigenvalue weighted by atomic mass is 35.5. The number of halogens is 3. The average molecular weight is 605 g/mol. The molecule has 10 nitrogen and oxygen atoms in total. The first-order valence-corrected chi connectivity index (χ1v) is 13.8. The molecule has 0 spiro atoms. The predicted octanol–water partition coefficient (Wildman–Crippen LogP) is 6.04. The second-order valence-corrected chi connectivity index (χ2v) is 11.0. The van der Waals surface area contributed by atoms with Gasteiger partial charge in [0.15, 0.2) is 0 Å². The third kappa shape index (κ3) is 4.92. The van der Waals surface area contributed by atoms with E-state index >= 15 is 0 Å². The molecule has 43 heavy (non-hydrogen) atoms. The Morgan fingerprint density at radius 2 is 1.95 bits per heavy atom. The largest absolute Gasteiger partial charge is 0.487 e. The van der Waals surface area contributed by atoms with Gasteiger partial charge in [-0.25, -0.2) is 9.67 Å². The summed E-state index contributed by atoms with van der Waals surface area (Å²) in [6, 6.07) is 10.9. The molecule has 1 aliphatic carbocycles. The van der Waals surface area contributed by atoms with Gasteiger partial charge in [-0.2, -0.15) is 5.10 Å². The van der Waals surface area contributed by atoms with Crippen molar-refractivity contribution in [1.82, 2.24) is 24.3 Å². The molecule has 2 aromatic carbocycles. The van der Waals surface area contributed by atoms with Gasteiger partial charge in [0, 0.05) is 70.8 Å². The monoisotopic (exact) mass is 604 g/mol. The molecule has 2 aliphatic rings. The van der Waals surface area contributed by atoms with E-state index in [1.807, 2.05) is 13.0 Å². The number of hydrogen-bond donors (Lipinski definition) is 1. The van der Waals surface area contributed by atoms with E-state index in [0.717, 1.165) is 39.3 Å². The number of nitrogens with one attached hydrogen (secondary N) is 1. The summed E-state index contributed by atoms with van der Waals surface area (Å²) in [7, 11) is 0. The quantitative estimate of drug-likeness (QED) is 0.239. The summed E-state index contributed by atoms with van der Waals surface area (Å²) in [5.74, 6) is -0.00835. The van der Waals surface area contributed by atoms with Crippen LogP contribution in [-0.4, -0.2) is 48.3 Å².